The molecule has 0 aliphatic rings. The molecule has 0 fully saturated rings. The highest BCUT2D eigenvalue weighted by Crippen LogP contribution is 2.29. The van der Waals surface area contributed by atoms with Crippen LogP contribution in [0.5, 0.6) is 0 Å². The van der Waals surface area contributed by atoms with E-state index in [9.17, 15) is 14.9 Å². The minimum atomic E-state index is -0.639. The predicted molar refractivity (Wildman–Crippen MR) is 115 cm³/mol. The lowest BCUT2D eigenvalue weighted by Gasteiger charge is -2.08. The van der Waals surface area contributed by atoms with Crippen LogP contribution in [0.2, 0.25) is 5.02 Å². The maximum Gasteiger partial charge on any atom is 0.288 e. The lowest BCUT2D eigenvalue weighted by molar-refractivity contribution is -0.384. The predicted octanol–water partition coefficient (Wildman–Crippen LogP) is 5.14. The van der Waals surface area contributed by atoms with Crippen LogP contribution in [0.15, 0.2) is 77.3 Å². The Morgan fingerprint density at radius 2 is 1.81 bits per heavy atom. The van der Waals surface area contributed by atoms with Gasteiger partial charge >= 0.3 is 0 Å². The van der Waals surface area contributed by atoms with Gasteiger partial charge in [-0.25, -0.2) is 0 Å². The standard InChI is InChI=1S/C22H15ClN4O4/c23-17-11-10-15(13-19(17)27(29)30)21(28)24-18-9-5-4-8-16(18)22-25-20(26-31-22)12-14-6-2-1-3-7-14/h1-11,13H,12H2,(H,24,28). The van der Waals surface area contributed by atoms with Crippen molar-refractivity contribution in [3.8, 4) is 11.5 Å². The minimum Gasteiger partial charge on any atom is -0.334 e. The fourth-order valence-electron chi connectivity index (χ4n) is 2.98. The Hall–Kier alpha value is -4.04. The second-order valence-electron chi connectivity index (χ2n) is 6.60. The van der Waals surface area contributed by atoms with E-state index in [0.29, 0.717) is 23.5 Å². The molecule has 0 saturated carbocycles. The van der Waals surface area contributed by atoms with Gasteiger partial charge < -0.3 is 9.84 Å². The second-order valence-corrected chi connectivity index (χ2v) is 7.01. The topological polar surface area (TPSA) is 111 Å². The summed E-state index contributed by atoms with van der Waals surface area (Å²) < 4.78 is 5.40. The van der Waals surface area contributed by atoms with E-state index in [0.717, 1.165) is 11.6 Å². The number of hydrogen-bond acceptors (Lipinski definition) is 6. The van der Waals surface area contributed by atoms with Crippen LogP contribution in [0.1, 0.15) is 21.7 Å². The van der Waals surface area contributed by atoms with Gasteiger partial charge in [0.15, 0.2) is 5.82 Å². The van der Waals surface area contributed by atoms with Gasteiger partial charge in [-0.1, -0.05) is 59.2 Å². The molecule has 0 bridgehead atoms. The largest absolute Gasteiger partial charge is 0.334 e. The molecule has 9 heteroatoms. The van der Waals surface area contributed by atoms with E-state index in [1.54, 1.807) is 24.3 Å². The smallest absolute Gasteiger partial charge is 0.288 e. The van der Waals surface area contributed by atoms with E-state index in [1.165, 1.54) is 12.1 Å². The molecule has 1 heterocycles. The highest BCUT2D eigenvalue weighted by Gasteiger charge is 2.19. The molecule has 1 amide bonds. The SMILES string of the molecule is O=C(Nc1ccccc1-c1nc(Cc2ccccc2)no1)c1ccc(Cl)c([N+](=O)[O-])c1. The summed E-state index contributed by atoms with van der Waals surface area (Å²) in [7, 11) is 0. The van der Waals surface area contributed by atoms with E-state index < -0.39 is 10.8 Å². The first kappa shape index (κ1) is 20.2. The molecule has 154 valence electrons. The van der Waals surface area contributed by atoms with Gasteiger partial charge in [0, 0.05) is 18.1 Å². The fourth-order valence-corrected chi connectivity index (χ4v) is 3.17. The molecule has 0 aliphatic carbocycles. The van der Waals surface area contributed by atoms with Crippen LogP contribution in [0.25, 0.3) is 11.5 Å². The molecule has 0 saturated heterocycles. The van der Waals surface area contributed by atoms with Crippen LogP contribution in [0.3, 0.4) is 0 Å². The van der Waals surface area contributed by atoms with Crippen molar-refractivity contribution in [1.29, 1.82) is 0 Å². The third-order valence-corrected chi connectivity index (χ3v) is 4.80. The number of nitro groups is 1. The average molecular weight is 435 g/mol. The monoisotopic (exact) mass is 434 g/mol. The van der Waals surface area contributed by atoms with Gasteiger partial charge in [-0.3, -0.25) is 14.9 Å². The number of anilines is 1. The van der Waals surface area contributed by atoms with Gasteiger partial charge in [-0.2, -0.15) is 4.98 Å². The lowest BCUT2D eigenvalue weighted by Crippen LogP contribution is -2.13. The van der Waals surface area contributed by atoms with Crippen LogP contribution in [-0.4, -0.2) is 21.0 Å². The van der Waals surface area contributed by atoms with E-state index in [-0.39, 0.29) is 22.2 Å². The Labute approximate surface area is 181 Å². The summed E-state index contributed by atoms with van der Waals surface area (Å²) in [5.41, 5.74) is 1.76. The molecule has 8 nitrogen and oxygen atoms in total. The van der Waals surface area contributed by atoms with Crippen molar-refractivity contribution in [3.05, 3.63) is 105 Å². The third kappa shape index (κ3) is 4.59. The summed E-state index contributed by atoms with van der Waals surface area (Å²) >= 11 is 5.82. The lowest BCUT2D eigenvalue weighted by atomic mass is 10.1. The minimum absolute atomic E-state index is 0.0428. The number of rotatable bonds is 6. The van der Waals surface area contributed by atoms with Crippen molar-refractivity contribution in [1.82, 2.24) is 10.1 Å². The number of nitro benzene ring substituents is 1. The van der Waals surface area contributed by atoms with E-state index in [4.69, 9.17) is 16.1 Å². The number of halogens is 1. The van der Waals surface area contributed by atoms with Crippen LogP contribution >= 0.6 is 11.6 Å². The maximum absolute atomic E-state index is 12.7. The van der Waals surface area contributed by atoms with Gasteiger partial charge in [0.25, 0.3) is 17.5 Å². The summed E-state index contributed by atoms with van der Waals surface area (Å²) in [6.07, 6.45) is 0.507. The fraction of sp³-hybridized carbons (Fsp3) is 0.0455. The molecule has 31 heavy (non-hydrogen) atoms. The number of aromatic nitrogens is 2. The molecule has 1 N–H and O–H groups in total. The Morgan fingerprint density at radius 1 is 1.06 bits per heavy atom. The third-order valence-electron chi connectivity index (χ3n) is 4.48. The maximum atomic E-state index is 12.7. The zero-order valence-corrected chi connectivity index (χ0v) is 16.7. The number of carbonyl (C=O) groups excluding carboxylic acids is 1. The summed E-state index contributed by atoms with van der Waals surface area (Å²) in [5.74, 6) is 0.232. The normalized spacial score (nSPS) is 10.6. The molecule has 0 atom stereocenters. The molecule has 0 radical (unpaired) electrons. The van der Waals surface area contributed by atoms with Crippen molar-refractivity contribution in [2.45, 2.75) is 6.42 Å². The molecule has 4 aromatic rings. The van der Waals surface area contributed by atoms with Crippen molar-refractivity contribution < 1.29 is 14.2 Å². The van der Waals surface area contributed by atoms with Crippen LogP contribution in [0.4, 0.5) is 11.4 Å². The zero-order chi connectivity index (χ0) is 21.8. The van der Waals surface area contributed by atoms with Gasteiger partial charge in [0.1, 0.15) is 5.02 Å². The number of carbonyl (C=O) groups is 1. The number of nitrogens with one attached hydrogen (secondary N) is 1. The first-order chi connectivity index (χ1) is 15.0. The first-order valence-corrected chi connectivity index (χ1v) is 9.60. The Morgan fingerprint density at radius 3 is 2.58 bits per heavy atom. The zero-order valence-electron chi connectivity index (χ0n) is 16.0. The van der Waals surface area contributed by atoms with Crippen LogP contribution < -0.4 is 5.32 Å². The first-order valence-electron chi connectivity index (χ1n) is 9.22. The highest BCUT2D eigenvalue weighted by molar-refractivity contribution is 6.32. The second kappa shape index (κ2) is 8.76. The summed E-state index contributed by atoms with van der Waals surface area (Å²) in [6, 6.07) is 20.5. The molecule has 0 spiro atoms. The van der Waals surface area contributed by atoms with Crippen molar-refractivity contribution in [2.24, 2.45) is 0 Å². The molecule has 3 aromatic carbocycles. The number of amides is 1. The van der Waals surface area contributed by atoms with Crippen LogP contribution in [-0.2, 0) is 6.42 Å². The Balaban J connectivity index is 1.58. The molecular weight excluding hydrogens is 420 g/mol. The van der Waals surface area contributed by atoms with Crippen molar-refractivity contribution in [2.75, 3.05) is 5.32 Å². The molecular formula is C22H15ClN4O4. The van der Waals surface area contributed by atoms with Crippen molar-refractivity contribution >= 4 is 28.9 Å². The van der Waals surface area contributed by atoms with E-state index in [1.807, 2.05) is 30.3 Å². The molecule has 4 rings (SSSR count). The number of para-hydroxylation sites is 1. The number of hydrogen-bond donors (Lipinski definition) is 1. The van der Waals surface area contributed by atoms with E-state index in [2.05, 4.69) is 15.5 Å². The number of benzene rings is 3. The molecule has 1 aromatic heterocycles. The highest BCUT2D eigenvalue weighted by atomic mass is 35.5. The summed E-state index contributed by atoms with van der Waals surface area (Å²) in [4.78, 5) is 27.6. The van der Waals surface area contributed by atoms with Crippen LogP contribution in [0, 0.1) is 10.1 Å². The van der Waals surface area contributed by atoms with E-state index >= 15 is 0 Å². The molecule has 0 aliphatic heterocycles. The molecule has 0 unspecified atom stereocenters. The van der Waals surface area contributed by atoms with Gasteiger partial charge in [0.2, 0.25) is 0 Å². The average Bonchev–Trinajstić information content (AvgIpc) is 3.23. The van der Waals surface area contributed by atoms with Crippen molar-refractivity contribution in [3.63, 3.8) is 0 Å². The summed E-state index contributed by atoms with van der Waals surface area (Å²) in [5, 5.41) is 17.8. The quantitative estimate of drug-likeness (QED) is 0.332. The van der Waals surface area contributed by atoms with Gasteiger partial charge in [0.05, 0.1) is 16.2 Å². The number of nitrogens with zero attached hydrogens (tertiary/aromatic N) is 3. The van der Waals surface area contributed by atoms with Gasteiger partial charge in [-0.15, -0.1) is 0 Å². The summed E-state index contributed by atoms with van der Waals surface area (Å²) in [6.45, 7) is 0. The Kier molecular flexibility index (Phi) is 5.72. The van der Waals surface area contributed by atoms with Gasteiger partial charge in [-0.05, 0) is 29.8 Å². The Bertz CT molecular complexity index is 1260.